The smallest absolute Gasteiger partial charge is 0.326 e. The monoisotopic (exact) mass is 561 g/mol. The van der Waals surface area contributed by atoms with Crippen molar-refractivity contribution in [2.24, 2.45) is 22.2 Å². The number of nitrogens with two attached hydrogens (primary N) is 3. The number of carbonyl (C=O) groups is 4. The summed E-state index contributed by atoms with van der Waals surface area (Å²) in [6.45, 7) is 0.184. The van der Waals surface area contributed by atoms with Crippen molar-refractivity contribution in [1.82, 2.24) is 25.9 Å². The van der Waals surface area contributed by atoms with Crippen molar-refractivity contribution in [1.29, 1.82) is 0 Å². The maximum atomic E-state index is 13.1. The number of H-pyrrole nitrogens is 1. The van der Waals surface area contributed by atoms with E-state index in [2.05, 4.69) is 43.5 Å². The lowest BCUT2D eigenvalue weighted by atomic mass is 10.0. The number of amides is 3. The summed E-state index contributed by atoms with van der Waals surface area (Å²) in [5.41, 5.74) is 18.0. The summed E-state index contributed by atoms with van der Waals surface area (Å²) < 4.78 is 0. The fourth-order valence-corrected chi connectivity index (χ4v) is 3.82. The summed E-state index contributed by atoms with van der Waals surface area (Å²) in [4.78, 5) is 61.1. The number of carboxylic acids is 1. The highest BCUT2D eigenvalue weighted by Crippen LogP contribution is 2.06. The zero-order chi connectivity index (χ0) is 28.8. The lowest BCUT2D eigenvalue weighted by Gasteiger charge is -2.24. The zero-order valence-electron chi connectivity index (χ0n) is 21.2. The Balaban J connectivity index is 2.08. The van der Waals surface area contributed by atoms with E-state index in [1.165, 1.54) is 12.5 Å². The number of guanidine groups is 1. The molecule has 0 bridgehead atoms. The molecule has 4 unspecified atom stereocenters. The predicted octanol–water partition coefficient (Wildman–Crippen LogP) is -1.96. The number of carbonyl (C=O) groups excluding carboxylic acids is 3. The summed E-state index contributed by atoms with van der Waals surface area (Å²) in [6.07, 6.45) is 3.60. The highest BCUT2D eigenvalue weighted by Gasteiger charge is 2.30. The van der Waals surface area contributed by atoms with Gasteiger partial charge >= 0.3 is 5.97 Å². The van der Waals surface area contributed by atoms with Crippen molar-refractivity contribution in [3.63, 3.8) is 0 Å². The first-order chi connectivity index (χ1) is 18.6. The molecule has 0 fully saturated rings. The van der Waals surface area contributed by atoms with Gasteiger partial charge in [-0.3, -0.25) is 19.4 Å². The van der Waals surface area contributed by atoms with Gasteiger partial charge < -0.3 is 43.2 Å². The van der Waals surface area contributed by atoms with Crippen LogP contribution in [0.15, 0.2) is 47.8 Å². The van der Waals surface area contributed by atoms with Crippen LogP contribution in [-0.2, 0) is 32.0 Å². The van der Waals surface area contributed by atoms with E-state index in [0.717, 1.165) is 0 Å². The first-order valence-electron chi connectivity index (χ1n) is 12.2. The quantitative estimate of drug-likeness (QED) is 0.0477. The Labute approximate surface area is 231 Å². The molecule has 2 aromatic rings. The second-order valence-electron chi connectivity index (χ2n) is 8.73. The standard InChI is InChI=1S/C24H35N9O5S/c25-16(10-15-11-28-13-30-15)20(34)33-19(12-39)22(36)31-17(7-4-8-29-24(26)27)21(35)32-18(23(37)38)9-14-5-2-1-3-6-14/h1-3,5-6,11,13,16-19,39H,4,7-10,12,25H2,(H,28,30)(H,31,36)(H,32,35)(H,33,34)(H,37,38)(H4,26,27,29). The normalized spacial score (nSPS) is 13.8. The van der Waals surface area contributed by atoms with Crippen molar-refractivity contribution >= 4 is 42.3 Å². The maximum Gasteiger partial charge on any atom is 0.326 e. The minimum absolute atomic E-state index is 0.0418. The van der Waals surface area contributed by atoms with Gasteiger partial charge in [0.2, 0.25) is 17.7 Å². The third-order valence-electron chi connectivity index (χ3n) is 5.62. The highest BCUT2D eigenvalue weighted by atomic mass is 32.1. The van der Waals surface area contributed by atoms with Gasteiger partial charge in [-0.05, 0) is 18.4 Å². The maximum absolute atomic E-state index is 13.1. The average Bonchev–Trinajstić information content (AvgIpc) is 3.41. The third kappa shape index (κ3) is 11.0. The number of nitrogens with zero attached hydrogens (tertiary/aromatic N) is 2. The van der Waals surface area contributed by atoms with Crippen LogP contribution in [0.1, 0.15) is 24.1 Å². The zero-order valence-corrected chi connectivity index (χ0v) is 22.1. The Morgan fingerprint density at radius 3 is 2.21 bits per heavy atom. The van der Waals surface area contributed by atoms with Crippen molar-refractivity contribution < 1.29 is 24.3 Å². The topological polar surface area (TPSA) is 244 Å². The first-order valence-corrected chi connectivity index (χ1v) is 12.8. The van der Waals surface area contributed by atoms with E-state index in [-0.39, 0.29) is 37.5 Å². The number of aliphatic imine (C=N–C) groups is 1. The summed E-state index contributed by atoms with van der Waals surface area (Å²) in [5.74, 6) is -3.44. The van der Waals surface area contributed by atoms with Crippen LogP contribution in [0.3, 0.4) is 0 Å². The van der Waals surface area contributed by atoms with E-state index in [9.17, 15) is 24.3 Å². The number of aliphatic carboxylic acids is 1. The molecule has 15 heteroatoms. The molecular formula is C24H35N9O5S. The number of aromatic amines is 1. The summed E-state index contributed by atoms with van der Waals surface area (Å²) in [5, 5.41) is 17.3. The van der Waals surface area contributed by atoms with Gasteiger partial charge in [0.05, 0.1) is 12.4 Å². The van der Waals surface area contributed by atoms with Gasteiger partial charge in [-0.2, -0.15) is 12.6 Å². The van der Waals surface area contributed by atoms with E-state index in [0.29, 0.717) is 17.7 Å². The number of thiol groups is 1. The Morgan fingerprint density at radius 2 is 1.62 bits per heavy atom. The fraction of sp³-hybridized carbons (Fsp3) is 0.417. The van der Waals surface area contributed by atoms with Crippen LogP contribution in [0, 0.1) is 0 Å². The van der Waals surface area contributed by atoms with Crippen molar-refractivity contribution in [3.8, 4) is 0 Å². The van der Waals surface area contributed by atoms with Crippen LogP contribution >= 0.6 is 12.6 Å². The molecule has 0 saturated heterocycles. The van der Waals surface area contributed by atoms with Gasteiger partial charge in [-0.15, -0.1) is 0 Å². The van der Waals surface area contributed by atoms with Gasteiger partial charge in [0.15, 0.2) is 5.96 Å². The molecule has 1 aromatic carbocycles. The highest BCUT2D eigenvalue weighted by molar-refractivity contribution is 7.80. The lowest BCUT2D eigenvalue weighted by Crippen LogP contribution is -2.58. The minimum Gasteiger partial charge on any atom is -0.480 e. The minimum atomic E-state index is -1.24. The molecule has 0 aliphatic heterocycles. The molecule has 14 nitrogen and oxygen atoms in total. The van der Waals surface area contributed by atoms with E-state index >= 15 is 0 Å². The van der Waals surface area contributed by atoms with Crippen LogP contribution < -0.4 is 33.2 Å². The number of imidazole rings is 1. The largest absolute Gasteiger partial charge is 0.480 e. The number of aromatic nitrogens is 2. The average molecular weight is 562 g/mol. The Hall–Kier alpha value is -4.11. The van der Waals surface area contributed by atoms with Gasteiger partial charge in [-0.1, -0.05) is 30.3 Å². The molecule has 39 heavy (non-hydrogen) atoms. The molecule has 0 aliphatic rings. The molecule has 0 spiro atoms. The number of benzene rings is 1. The molecule has 0 aliphatic carbocycles. The van der Waals surface area contributed by atoms with Crippen LogP contribution in [0.4, 0.5) is 0 Å². The second-order valence-corrected chi connectivity index (χ2v) is 9.10. The molecule has 3 amide bonds. The molecule has 2 rings (SSSR count). The number of hydrogen-bond acceptors (Lipinski definition) is 8. The van der Waals surface area contributed by atoms with Gasteiger partial charge in [-0.25, -0.2) is 9.78 Å². The van der Waals surface area contributed by atoms with Crippen molar-refractivity contribution in [3.05, 3.63) is 54.1 Å². The predicted molar refractivity (Wildman–Crippen MR) is 148 cm³/mol. The SMILES string of the molecule is NC(N)=NCCCC(NC(=O)C(CS)NC(=O)C(N)Cc1cnc[nH]1)C(=O)NC(Cc1ccccc1)C(=O)O. The van der Waals surface area contributed by atoms with Crippen LogP contribution in [0.25, 0.3) is 0 Å². The first kappa shape index (κ1) is 31.1. The van der Waals surface area contributed by atoms with Gasteiger partial charge in [0.25, 0.3) is 0 Å². The van der Waals surface area contributed by atoms with Crippen LogP contribution in [0.2, 0.25) is 0 Å². The van der Waals surface area contributed by atoms with E-state index < -0.39 is 47.9 Å². The van der Waals surface area contributed by atoms with Crippen LogP contribution in [-0.4, -0.2) is 81.2 Å². The molecule has 1 heterocycles. The van der Waals surface area contributed by atoms with Crippen molar-refractivity contribution in [2.75, 3.05) is 12.3 Å². The summed E-state index contributed by atoms with van der Waals surface area (Å²) in [7, 11) is 0. The number of rotatable bonds is 16. The number of hydrogen-bond donors (Lipinski definition) is 9. The van der Waals surface area contributed by atoms with Gasteiger partial charge in [0.1, 0.15) is 18.1 Å². The summed E-state index contributed by atoms with van der Waals surface area (Å²) >= 11 is 4.15. The molecule has 0 saturated carbocycles. The molecular weight excluding hydrogens is 526 g/mol. The lowest BCUT2D eigenvalue weighted by molar-refractivity contribution is -0.142. The van der Waals surface area contributed by atoms with E-state index in [1.54, 1.807) is 30.3 Å². The number of nitrogens with one attached hydrogen (secondary N) is 4. The molecule has 4 atom stereocenters. The van der Waals surface area contributed by atoms with Gasteiger partial charge in [0, 0.05) is 37.0 Å². The fourth-order valence-electron chi connectivity index (χ4n) is 3.57. The molecule has 0 radical (unpaired) electrons. The Kier molecular flexibility index (Phi) is 12.8. The molecule has 212 valence electrons. The van der Waals surface area contributed by atoms with Crippen LogP contribution in [0.5, 0.6) is 0 Å². The molecule has 1 aromatic heterocycles. The Morgan fingerprint density at radius 1 is 0.974 bits per heavy atom. The van der Waals surface area contributed by atoms with Crippen molar-refractivity contribution in [2.45, 2.75) is 49.9 Å². The molecule has 11 N–H and O–H groups in total. The summed E-state index contributed by atoms with van der Waals surface area (Å²) in [6, 6.07) is 4.35. The number of carboxylic acid groups (broad SMARTS) is 1. The Bertz CT molecular complexity index is 1110. The van der Waals surface area contributed by atoms with E-state index in [1.807, 2.05) is 0 Å². The second kappa shape index (κ2) is 16.0. The third-order valence-corrected chi connectivity index (χ3v) is 5.99. The van der Waals surface area contributed by atoms with E-state index in [4.69, 9.17) is 17.2 Å².